The van der Waals surface area contributed by atoms with Crippen LogP contribution < -0.4 is 5.32 Å². The number of aliphatic hydroxyl groups is 1. The van der Waals surface area contributed by atoms with E-state index >= 15 is 0 Å². The van der Waals surface area contributed by atoms with E-state index in [2.05, 4.69) is 5.32 Å². The Morgan fingerprint density at radius 3 is 2.76 bits per heavy atom. The lowest BCUT2D eigenvalue weighted by molar-refractivity contribution is 0.153. The number of benzene rings is 1. The van der Waals surface area contributed by atoms with Gasteiger partial charge in [-0.15, -0.1) is 0 Å². The van der Waals surface area contributed by atoms with Crippen molar-refractivity contribution in [2.45, 2.75) is 23.8 Å². The lowest BCUT2D eigenvalue weighted by atomic mass is 9.87. The SMILES string of the molecule is CCNC1(CO)CCS(=O)(=O)c2ccccc21. The van der Waals surface area contributed by atoms with E-state index < -0.39 is 15.4 Å². The van der Waals surface area contributed by atoms with E-state index in [4.69, 9.17) is 0 Å². The van der Waals surface area contributed by atoms with Crippen LogP contribution in [0.4, 0.5) is 0 Å². The highest BCUT2D eigenvalue weighted by Crippen LogP contribution is 2.36. The lowest BCUT2D eigenvalue weighted by Gasteiger charge is -2.38. The molecule has 0 spiro atoms. The number of rotatable bonds is 3. The molecule has 1 aromatic rings. The highest BCUT2D eigenvalue weighted by molar-refractivity contribution is 7.91. The summed E-state index contributed by atoms with van der Waals surface area (Å²) < 4.78 is 23.9. The van der Waals surface area contributed by atoms with Gasteiger partial charge in [0.05, 0.1) is 22.8 Å². The number of likely N-dealkylation sites (N-methyl/N-ethyl adjacent to an activating group) is 1. The van der Waals surface area contributed by atoms with Gasteiger partial charge in [0.1, 0.15) is 0 Å². The second-order valence-corrected chi connectivity index (χ2v) is 6.41. The molecule has 0 saturated heterocycles. The van der Waals surface area contributed by atoms with Gasteiger partial charge in [-0.3, -0.25) is 0 Å². The van der Waals surface area contributed by atoms with Crippen molar-refractivity contribution in [2.24, 2.45) is 0 Å². The van der Waals surface area contributed by atoms with Gasteiger partial charge in [-0.25, -0.2) is 8.42 Å². The molecule has 0 amide bonds. The normalized spacial score (nSPS) is 26.5. The summed E-state index contributed by atoms with van der Waals surface area (Å²) in [5, 5.41) is 12.9. The molecule has 5 heteroatoms. The fourth-order valence-electron chi connectivity index (χ4n) is 2.43. The van der Waals surface area contributed by atoms with Crippen LogP contribution in [0.25, 0.3) is 0 Å². The molecule has 0 aliphatic carbocycles. The van der Waals surface area contributed by atoms with Gasteiger partial charge >= 0.3 is 0 Å². The highest BCUT2D eigenvalue weighted by Gasteiger charge is 2.40. The van der Waals surface area contributed by atoms with Crippen LogP contribution in [-0.2, 0) is 15.4 Å². The van der Waals surface area contributed by atoms with Gasteiger partial charge in [-0.1, -0.05) is 25.1 Å². The minimum absolute atomic E-state index is 0.0809. The van der Waals surface area contributed by atoms with Crippen molar-refractivity contribution in [3.8, 4) is 0 Å². The number of hydrogen-bond donors (Lipinski definition) is 2. The second-order valence-electron chi connectivity index (χ2n) is 4.34. The average molecular weight is 255 g/mol. The van der Waals surface area contributed by atoms with E-state index in [0.29, 0.717) is 23.4 Å². The van der Waals surface area contributed by atoms with Gasteiger partial charge in [0.2, 0.25) is 0 Å². The molecule has 1 aliphatic rings. The maximum atomic E-state index is 12.0. The Labute approximate surface area is 102 Å². The van der Waals surface area contributed by atoms with Crippen LogP contribution in [0.3, 0.4) is 0 Å². The van der Waals surface area contributed by atoms with E-state index in [-0.39, 0.29) is 12.4 Å². The zero-order chi connectivity index (χ0) is 12.5. The molecule has 1 heterocycles. The topological polar surface area (TPSA) is 66.4 Å². The molecule has 1 atom stereocenters. The smallest absolute Gasteiger partial charge is 0.178 e. The van der Waals surface area contributed by atoms with Crippen molar-refractivity contribution in [1.29, 1.82) is 0 Å². The third-order valence-electron chi connectivity index (χ3n) is 3.32. The van der Waals surface area contributed by atoms with E-state index in [1.807, 2.05) is 6.92 Å². The van der Waals surface area contributed by atoms with Crippen LogP contribution >= 0.6 is 0 Å². The van der Waals surface area contributed by atoms with Gasteiger partial charge < -0.3 is 10.4 Å². The number of sulfone groups is 1. The fraction of sp³-hybridized carbons (Fsp3) is 0.500. The zero-order valence-corrected chi connectivity index (χ0v) is 10.6. The molecule has 0 bridgehead atoms. The summed E-state index contributed by atoms with van der Waals surface area (Å²) in [7, 11) is -3.19. The fourth-order valence-corrected chi connectivity index (χ4v) is 4.15. The monoisotopic (exact) mass is 255 g/mol. The van der Waals surface area contributed by atoms with Crippen LogP contribution in [-0.4, -0.2) is 32.4 Å². The summed E-state index contributed by atoms with van der Waals surface area (Å²) >= 11 is 0. The Hall–Kier alpha value is -0.910. The zero-order valence-electron chi connectivity index (χ0n) is 9.81. The summed E-state index contributed by atoms with van der Waals surface area (Å²) in [4.78, 5) is 0.348. The molecule has 1 aromatic carbocycles. The number of aliphatic hydroxyl groups excluding tert-OH is 1. The van der Waals surface area contributed by atoms with E-state index in [1.165, 1.54) is 0 Å². The molecule has 2 rings (SSSR count). The molecule has 17 heavy (non-hydrogen) atoms. The molecule has 0 fully saturated rings. The summed E-state index contributed by atoms with van der Waals surface area (Å²) in [6, 6.07) is 6.92. The predicted octanol–water partition coefficient (Wildman–Crippen LogP) is 0.661. The molecule has 1 unspecified atom stereocenters. The molecular weight excluding hydrogens is 238 g/mol. The highest BCUT2D eigenvalue weighted by atomic mass is 32.2. The van der Waals surface area contributed by atoms with Crippen molar-refractivity contribution in [3.05, 3.63) is 29.8 Å². The Bertz CT molecular complexity index is 512. The van der Waals surface area contributed by atoms with Gasteiger partial charge in [-0.05, 0) is 24.6 Å². The van der Waals surface area contributed by atoms with Crippen LogP contribution in [0, 0.1) is 0 Å². The maximum Gasteiger partial charge on any atom is 0.178 e. The predicted molar refractivity (Wildman–Crippen MR) is 65.6 cm³/mol. The minimum atomic E-state index is -3.19. The Kier molecular flexibility index (Phi) is 3.25. The van der Waals surface area contributed by atoms with Crippen molar-refractivity contribution < 1.29 is 13.5 Å². The Morgan fingerprint density at radius 1 is 1.41 bits per heavy atom. The van der Waals surface area contributed by atoms with Gasteiger partial charge in [0.15, 0.2) is 9.84 Å². The molecule has 0 aromatic heterocycles. The maximum absolute atomic E-state index is 12.0. The average Bonchev–Trinajstić information content (AvgIpc) is 2.34. The summed E-state index contributed by atoms with van der Waals surface area (Å²) in [5.74, 6) is 0.0809. The summed E-state index contributed by atoms with van der Waals surface area (Å²) in [5.41, 5.74) is 0.0759. The molecule has 2 N–H and O–H groups in total. The molecule has 1 aliphatic heterocycles. The lowest BCUT2D eigenvalue weighted by Crippen LogP contribution is -2.50. The minimum Gasteiger partial charge on any atom is -0.394 e. The van der Waals surface area contributed by atoms with E-state index in [9.17, 15) is 13.5 Å². The number of nitrogens with one attached hydrogen (secondary N) is 1. The molecule has 0 radical (unpaired) electrons. The third-order valence-corrected chi connectivity index (χ3v) is 5.09. The van der Waals surface area contributed by atoms with Crippen LogP contribution in [0.5, 0.6) is 0 Å². The summed E-state index contributed by atoms with van der Waals surface area (Å²) in [6.45, 7) is 2.55. The largest absolute Gasteiger partial charge is 0.394 e. The molecule has 94 valence electrons. The first kappa shape index (κ1) is 12.5. The van der Waals surface area contributed by atoms with Crippen molar-refractivity contribution in [2.75, 3.05) is 18.9 Å². The van der Waals surface area contributed by atoms with Crippen molar-refractivity contribution in [1.82, 2.24) is 5.32 Å². The van der Waals surface area contributed by atoms with E-state index in [0.717, 1.165) is 0 Å². The first-order valence-corrected chi connectivity index (χ1v) is 7.39. The number of fused-ring (bicyclic) bond motifs is 1. The summed E-state index contributed by atoms with van der Waals surface area (Å²) in [6.07, 6.45) is 0.413. The Balaban J connectivity index is 2.62. The van der Waals surface area contributed by atoms with Gasteiger partial charge in [0.25, 0.3) is 0 Å². The third kappa shape index (κ3) is 1.99. The first-order chi connectivity index (χ1) is 8.06. The Morgan fingerprint density at radius 2 is 2.12 bits per heavy atom. The first-order valence-electron chi connectivity index (χ1n) is 5.74. The van der Waals surface area contributed by atoms with Crippen LogP contribution in [0.1, 0.15) is 18.9 Å². The molecule has 0 saturated carbocycles. The van der Waals surface area contributed by atoms with Crippen molar-refractivity contribution >= 4 is 9.84 Å². The number of hydrogen-bond acceptors (Lipinski definition) is 4. The van der Waals surface area contributed by atoms with Gasteiger partial charge in [0, 0.05) is 0 Å². The van der Waals surface area contributed by atoms with Crippen LogP contribution in [0.2, 0.25) is 0 Å². The second kappa shape index (κ2) is 4.40. The standard InChI is InChI=1S/C12H17NO3S/c1-2-13-12(9-14)7-8-17(15,16)11-6-4-3-5-10(11)12/h3-6,13-14H,2,7-9H2,1H3. The molecular formula is C12H17NO3S. The van der Waals surface area contributed by atoms with Crippen LogP contribution in [0.15, 0.2) is 29.2 Å². The molecule has 4 nitrogen and oxygen atoms in total. The van der Waals surface area contributed by atoms with Gasteiger partial charge in [-0.2, -0.15) is 0 Å². The van der Waals surface area contributed by atoms with E-state index in [1.54, 1.807) is 24.3 Å². The van der Waals surface area contributed by atoms with Crippen molar-refractivity contribution in [3.63, 3.8) is 0 Å². The quantitative estimate of drug-likeness (QED) is 0.833.